The molecule has 0 saturated carbocycles. The highest BCUT2D eigenvalue weighted by molar-refractivity contribution is 4.80. The van der Waals surface area contributed by atoms with E-state index in [9.17, 15) is 0 Å². The van der Waals surface area contributed by atoms with Crippen LogP contribution in [0, 0.1) is 11.8 Å². The number of piperidine rings is 1. The summed E-state index contributed by atoms with van der Waals surface area (Å²) in [4.78, 5) is 2.65. The number of nitrogens with one attached hydrogen (secondary N) is 1. The molecule has 0 aromatic heterocycles. The normalized spacial score (nSPS) is 22.3. The molecule has 0 aliphatic carbocycles. The Labute approximate surface area is 113 Å². The van der Waals surface area contributed by atoms with Crippen LogP contribution in [-0.4, -0.2) is 50.3 Å². The largest absolute Gasteiger partial charge is 0.384 e. The second kappa shape index (κ2) is 8.13. The SMILES string of the molecule is COCC1CCN(C(C)C(C)CNC(C)C)CC1. The van der Waals surface area contributed by atoms with Gasteiger partial charge in [0, 0.05) is 25.8 Å². The second-order valence-electron chi connectivity index (χ2n) is 6.22. The molecular formula is C15H32N2O. The molecule has 18 heavy (non-hydrogen) atoms. The number of likely N-dealkylation sites (tertiary alicyclic amines) is 1. The highest BCUT2D eigenvalue weighted by Crippen LogP contribution is 2.21. The van der Waals surface area contributed by atoms with Gasteiger partial charge in [0.15, 0.2) is 0 Å². The average molecular weight is 256 g/mol. The average Bonchev–Trinajstić information content (AvgIpc) is 2.36. The first kappa shape index (κ1) is 15.9. The molecule has 3 heteroatoms. The van der Waals surface area contributed by atoms with Crippen LogP contribution in [0.4, 0.5) is 0 Å². The smallest absolute Gasteiger partial charge is 0.0491 e. The molecule has 0 amide bonds. The van der Waals surface area contributed by atoms with Gasteiger partial charge in [0.05, 0.1) is 0 Å². The van der Waals surface area contributed by atoms with E-state index in [0.717, 1.165) is 19.1 Å². The fraction of sp³-hybridized carbons (Fsp3) is 1.00. The van der Waals surface area contributed by atoms with Crippen molar-refractivity contribution in [2.75, 3.05) is 33.4 Å². The number of methoxy groups -OCH3 is 1. The summed E-state index contributed by atoms with van der Waals surface area (Å²) in [6.07, 6.45) is 2.59. The minimum absolute atomic E-state index is 0.590. The topological polar surface area (TPSA) is 24.5 Å². The third-order valence-corrected chi connectivity index (χ3v) is 4.30. The standard InChI is InChI=1S/C15H32N2O/c1-12(2)16-10-13(3)14(4)17-8-6-15(7-9-17)11-18-5/h12-16H,6-11H2,1-5H3. The van der Waals surface area contributed by atoms with Crippen molar-refractivity contribution in [3.05, 3.63) is 0 Å². The van der Waals surface area contributed by atoms with Gasteiger partial charge in [-0.3, -0.25) is 0 Å². The van der Waals surface area contributed by atoms with Crippen LogP contribution < -0.4 is 5.32 Å². The highest BCUT2D eigenvalue weighted by atomic mass is 16.5. The van der Waals surface area contributed by atoms with Gasteiger partial charge >= 0.3 is 0 Å². The Kier molecular flexibility index (Phi) is 7.20. The van der Waals surface area contributed by atoms with E-state index in [1.54, 1.807) is 0 Å². The minimum Gasteiger partial charge on any atom is -0.384 e. The van der Waals surface area contributed by atoms with Crippen molar-refractivity contribution >= 4 is 0 Å². The molecule has 2 atom stereocenters. The van der Waals surface area contributed by atoms with Gasteiger partial charge in [-0.05, 0) is 51.2 Å². The molecule has 0 aromatic carbocycles. The fourth-order valence-electron chi connectivity index (χ4n) is 2.71. The molecule has 108 valence electrons. The zero-order valence-corrected chi connectivity index (χ0v) is 12.9. The monoisotopic (exact) mass is 256 g/mol. The number of nitrogens with zero attached hydrogens (tertiary/aromatic N) is 1. The lowest BCUT2D eigenvalue weighted by atomic mass is 9.93. The van der Waals surface area contributed by atoms with Gasteiger partial charge in [-0.1, -0.05) is 20.8 Å². The first-order chi connectivity index (χ1) is 8.54. The molecule has 0 aromatic rings. The first-order valence-electron chi connectivity index (χ1n) is 7.51. The van der Waals surface area contributed by atoms with Gasteiger partial charge in [0.1, 0.15) is 0 Å². The Hall–Kier alpha value is -0.120. The lowest BCUT2D eigenvalue weighted by molar-refractivity contribution is 0.0692. The molecule has 1 aliphatic heterocycles. The van der Waals surface area contributed by atoms with Gasteiger partial charge in [0.25, 0.3) is 0 Å². The quantitative estimate of drug-likeness (QED) is 0.757. The van der Waals surface area contributed by atoms with Crippen molar-refractivity contribution in [2.45, 2.75) is 52.6 Å². The number of rotatable bonds is 7. The van der Waals surface area contributed by atoms with Crippen LogP contribution in [0.15, 0.2) is 0 Å². The van der Waals surface area contributed by atoms with E-state index in [2.05, 4.69) is 37.9 Å². The van der Waals surface area contributed by atoms with Gasteiger partial charge in [-0.25, -0.2) is 0 Å². The molecule has 0 bridgehead atoms. The van der Waals surface area contributed by atoms with E-state index in [0.29, 0.717) is 18.0 Å². The van der Waals surface area contributed by atoms with E-state index < -0.39 is 0 Å². The summed E-state index contributed by atoms with van der Waals surface area (Å²) in [7, 11) is 1.81. The van der Waals surface area contributed by atoms with Crippen LogP contribution in [0.3, 0.4) is 0 Å². The Morgan fingerprint density at radius 2 is 1.78 bits per heavy atom. The molecule has 1 N–H and O–H groups in total. The molecule has 1 aliphatic rings. The summed E-state index contributed by atoms with van der Waals surface area (Å²) >= 11 is 0. The Bertz CT molecular complexity index is 213. The molecular weight excluding hydrogens is 224 g/mol. The predicted octanol–water partition coefficient (Wildman–Crippen LogP) is 2.37. The highest BCUT2D eigenvalue weighted by Gasteiger charge is 2.25. The number of hydrogen-bond acceptors (Lipinski definition) is 3. The van der Waals surface area contributed by atoms with E-state index in [4.69, 9.17) is 4.74 Å². The van der Waals surface area contributed by atoms with Crippen molar-refractivity contribution in [1.82, 2.24) is 10.2 Å². The maximum atomic E-state index is 5.26. The Morgan fingerprint density at radius 1 is 1.17 bits per heavy atom. The summed E-state index contributed by atoms with van der Waals surface area (Å²) < 4.78 is 5.26. The molecule has 0 spiro atoms. The molecule has 1 saturated heterocycles. The van der Waals surface area contributed by atoms with Crippen molar-refractivity contribution in [1.29, 1.82) is 0 Å². The third-order valence-electron chi connectivity index (χ3n) is 4.30. The van der Waals surface area contributed by atoms with Crippen molar-refractivity contribution in [3.63, 3.8) is 0 Å². The Morgan fingerprint density at radius 3 is 2.28 bits per heavy atom. The van der Waals surface area contributed by atoms with Gasteiger partial charge < -0.3 is 15.0 Å². The van der Waals surface area contributed by atoms with Crippen LogP contribution in [0.1, 0.15) is 40.5 Å². The number of hydrogen-bond donors (Lipinski definition) is 1. The third kappa shape index (κ3) is 5.25. The van der Waals surface area contributed by atoms with E-state index in [1.807, 2.05) is 7.11 Å². The summed E-state index contributed by atoms with van der Waals surface area (Å²) in [5.41, 5.74) is 0. The minimum atomic E-state index is 0.590. The molecule has 3 nitrogen and oxygen atoms in total. The van der Waals surface area contributed by atoms with Crippen molar-refractivity contribution in [2.24, 2.45) is 11.8 Å². The lowest BCUT2D eigenvalue weighted by Gasteiger charge is -2.38. The van der Waals surface area contributed by atoms with Crippen molar-refractivity contribution < 1.29 is 4.74 Å². The summed E-state index contributed by atoms with van der Waals surface area (Å²) in [5.74, 6) is 1.49. The maximum absolute atomic E-state index is 5.26. The molecule has 1 heterocycles. The lowest BCUT2D eigenvalue weighted by Crippen LogP contribution is -2.46. The molecule has 1 rings (SSSR count). The van der Waals surface area contributed by atoms with Gasteiger partial charge in [0.2, 0.25) is 0 Å². The van der Waals surface area contributed by atoms with Gasteiger partial charge in [-0.15, -0.1) is 0 Å². The molecule has 0 radical (unpaired) electrons. The zero-order valence-electron chi connectivity index (χ0n) is 12.9. The van der Waals surface area contributed by atoms with Crippen LogP contribution in [-0.2, 0) is 4.74 Å². The van der Waals surface area contributed by atoms with Crippen LogP contribution >= 0.6 is 0 Å². The second-order valence-corrected chi connectivity index (χ2v) is 6.22. The van der Waals surface area contributed by atoms with Crippen LogP contribution in [0.5, 0.6) is 0 Å². The van der Waals surface area contributed by atoms with E-state index in [-0.39, 0.29) is 0 Å². The number of ether oxygens (including phenoxy) is 1. The summed E-state index contributed by atoms with van der Waals surface area (Å²) in [5, 5.41) is 3.55. The summed E-state index contributed by atoms with van der Waals surface area (Å²) in [6, 6.07) is 1.27. The zero-order chi connectivity index (χ0) is 13.5. The van der Waals surface area contributed by atoms with E-state index >= 15 is 0 Å². The first-order valence-corrected chi connectivity index (χ1v) is 7.51. The Balaban J connectivity index is 2.28. The maximum Gasteiger partial charge on any atom is 0.0491 e. The van der Waals surface area contributed by atoms with Gasteiger partial charge in [-0.2, -0.15) is 0 Å². The molecule has 2 unspecified atom stereocenters. The van der Waals surface area contributed by atoms with Crippen LogP contribution in [0.2, 0.25) is 0 Å². The van der Waals surface area contributed by atoms with Crippen LogP contribution in [0.25, 0.3) is 0 Å². The fourth-order valence-corrected chi connectivity index (χ4v) is 2.71. The summed E-state index contributed by atoms with van der Waals surface area (Å²) in [6.45, 7) is 13.7. The van der Waals surface area contributed by atoms with E-state index in [1.165, 1.54) is 25.9 Å². The predicted molar refractivity (Wildman–Crippen MR) is 77.9 cm³/mol. The van der Waals surface area contributed by atoms with Crippen molar-refractivity contribution in [3.8, 4) is 0 Å². The molecule has 1 fully saturated rings.